The second kappa shape index (κ2) is 12.7. The molecule has 0 aromatic heterocycles. The molecule has 5 amide bonds. The molecule has 0 radical (unpaired) electrons. The maximum atomic E-state index is 13.5. The Hall–Kier alpha value is -3.59. The SMILES string of the molecule is Cc1ccc(-c2ccc(C(=O)N(C)C3CCN(C(=O)N(C)C4CCN(C5CCCN(C(=O)N(C)C)C5)C4)C3)cc2)cc1. The van der Waals surface area contributed by atoms with Crippen molar-refractivity contribution in [1.29, 1.82) is 0 Å². The highest BCUT2D eigenvalue weighted by atomic mass is 16.2. The van der Waals surface area contributed by atoms with Crippen molar-refractivity contribution in [3.63, 3.8) is 0 Å². The Morgan fingerprint density at radius 2 is 1.26 bits per heavy atom. The van der Waals surface area contributed by atoms with Gasteiger partial charge in [-0.3, -0.25) is 9.69 Å². The van der Waals surface area contributed by atoms with Gasteiger partial charge in [0.25, 0.3) is 5.91 Å². The van der Waals surface area contributed by atoms with Gasteiger partial charge >= 0.3 is 12.1 Å². The third kappa shape index (κ3) is 6.41. The normalized spacial score (nSPS) is 22.7. The summed E-state index contributed by atoms with van der Waals surface area (Å²) in [6.07, 6.45) is 3.81. The van der Waals surface area contributed by atoms with Gasteiger partial charge in [-0.2, -0.15) is 0 Å². The van der Waals surface area contributed by atoms with E-state index in [9.17, 15) is 14.4 Å². The van der Waals surface area contributed by atoms with Crippen LogP contribution in [0.1, 0.15) is 41.6 Å². The number of rotatable bonds is 5. The number of hydrogen-bond donors (Lipinski definition) is 0. The monoisotopic (exact) mass is 574 g/mol. The van der Waals surface area contributed by atoms with Gasteiger partial charge in [0.15, 0.2) is 0 Å². The fourth-order valence-electron chi connectivity index (χ4n) is 6.66. The molecule has 3 fully saturated rings. The van der Waals surface area contributed by atoms with Crippen molar-refractivity contribution in [2.45, 2.75) is 50.7 Å². The van der Waals surface area contributed by atoms with Crippen molar-refractivity contribution >= 4 is 18.0 Å². The lowest BCUT2D eigenvalue weighted by Gasteiger charge is -2.39. The molecule has 3 saturated heterocycles. The molecule has 9 heteroatoms. The van der Waals surface area contributed by atoms with Crippen LogP contribution in [0.25, 0.3) is 11.1 Å². The molecule has 3 atom stereocenters. The number of amides is 5. The van der Waals surface area contributed by atoms with Gasteiger partial charge < -0.3 is 24.5 Å². The fourth-order valence-corrected chi connectivity index (χ4v) is 6.66. The maximum absolute atomic E-state index is 13.5. The minimum Gasteiger partial charge on any atom is -0.337 e. The summed E-state index contributed by atoms with van der Waals surface area (Å²) in [6, 6.07) is 16.8. The van der Waals surface area contributed by atoms with E-state index in [1.807, 2.05) is 53.1 Å². The molecule has 0 N–H and O–H groups in total. The molecule has 3 heterocycles. The molecular weight excluding hydrogens is 528 g/mol. The number of aryl methyl sites for hydroxylation is 1. The summed E-state index contributed by atoms with van der Waals surface area (Å²) in [5.74, 6) is -0.0150. The summed E-state index contributed by atoms with van der Waals surface area (Å²) in [4.78, 5) is 51.0. The van der Waals surface area contributed by atoms with E-state index in [0.29, 0.717) is 24.7 Å². The second-order valence-electron chi connectivity index (χ2n) is 12.5. The van der Waals surface area contributed by atoms with Gasteiger partial charge in [-0.05, 0) is 55.9 Å². The van der Waals surface area contributed by atoms with Crippen molar-refractivity contribution in [1.82, 2.24) is 29.4 Å². The quantitative estimate of drug-likeness (QED) is 0.540. The molecule has 42 heavy (non-hydrogen) atoms. The van der Waals surface area contributed by atoms with Crippen LogP contribution < -0.4 is 0 Å². The van der Waals surface area contributed by atoms with E-state index in [4.69, 9.17) is 0 Å². The van der Waals surface area contributed by atoms with Gasteiger partial charge in [0.05, 0.1) is 6.04 Å². The molecule has 9 nitrogen and oxygen atoms in total. The minimum atomic E-state index is -0.0150. The van der Waals surface area contributed by atoms with Gasteiger partial charge in [-0.1, -0.05) is 42.0 Å². The maximum Gasteiger partial charge on any atom is 0.320 e. The Morgan fingerprint density at radius 3 is 1.93 bits per heavy atom. The number of carbonyl (C=O) groups excluding carboxylic acids is 3. The van der Waals surface area contributed by atoms with Crippen LogP contribution in [0.2, 0.25) is 0 Å². The zero-order valence-electron chi connectivity index (χ0n) is 25.8. The molecule has 2 aromatic carbocycles. The third-order valence-electron chi connectivity index (χ3n) is 9.43. The van der Waals surface area contributed by atoms with E-state index in [0.717, 1.165) is 63.0 Å². The lowest BCUT2D eigenvalue weighted by atomic mass is 10.0. The molecule has 0 aliphatic carbocycles. The average Bonchev–Trinajstić information content (AvgIpc) is 3.71. The Kier molecular flexibility index (Phi) is 9.06. The van der Waals surface area contributed by atoms with Crippen LogP contribution in [0.5, 0.6) is 0 Å². The number of piperidine rings is 1. The standard InChI is InChI=1S/C33H46N6O3/c1-24-8-10-25(11-9-24)26-12-14-27(15-13-26)31(40)35(4)28-17-20-39(22-28)33(42)36(5)29-16-19-37(21-29)30-7-6-18-38(23-30)32(41)34(2)3/h8-15,28-30H,6-7,16-23H2,1-5H3. The van der Waals surface area contributed by atoms with Crippen LogP contribution in [0.3, 0.4) is 0 Å². The smallest absolute Gasteiger partial charge is 0.320 e. The van der Waals surface area contributed by atoms with Crippen LogP contribution in [0.15, 0.2) is 48.5 Å². The number of nitrogens with zero attached hydrogens (tertiary/aromatic N) is 6. The van der Waals surface area contributed by atoms with Crippen LogP contribution in [-0.2, 0) is 0 Å². The summed E-state index contributed by atoms with van der Waals surface area (Å²) < 4.78 is 0. The summed E-state index contributed by atoms with van der Waals surface area (Å²) in [7, 11) is 7.37. The lowest BCUT2D eigenvalue weighted by Crippen LogP contribution is -2.52. The molecule has 0 spiro atoms. The van der Waals surface area contributed by atoms with Crippen LogP contribution in [-0.4, -0.2) is 133 Å². The summed E-state index contributed by atoms with van der Waals surface area (Å²) in [5, 5.41) is 0. The number of benzene rings is 2. The molecule has 3 unspecified atom stereocenters. The molecule has 0 saturated carbocycles. The Bertz CT molecular complexity index is 1260. The molecule has 3 aliphatic rings. The molecule has 0 bridgehead atoms. The number of hydrogen-bond acceptors (Lipinski definition) is 4. The number of carbonyl (C=O) groups is 3. The molecule has 2 aromatic rings. The highest BCUT2D eigenvalue weighted by Gasteiger charge is 2.38. The van der Waals surface area contributed by atoms with Gasteiger partial charge in [0, 0.05) is 85.1 Å². The molecule has 5 rings (SSSR count). The molecule has 226 valence electrons. The largest absolute Gasteiger partial charge is 0.337 e. The zero-order valence-corrected chi connectivity index (χ0v) is 25.8. The van der Waals surface area contributed by atoms with Crippen LogP contribution >= 0.6 is 0 Å². The molecular formula is C33H46N6O3. The third-order valence-corrected chi connectivity index (χ3v) is 9.43. The van der Waals surface area contributed by atoms with E-state index < -0.39 is 0 Å². The predicted octanol–water partition coefficient (Wildman–Crippen LogP) is 4.08. The Morgan fingerprint density at radius 1 is 0.667 bits per heavy atom. The zero-order chi connectivity index (χ0) is 30.0. The average molecular weight is 575 g/mol. The van der Waals surface area contributed by atoms with Gasteiger partial charge in [0.2, 0.25) is 0 Å². The molecule has 3 aliphatic heterocycles. The van der Waals surface area contributed by atoms with Crippen LogP contribution in [0.4, 0.5) is 9.59 Å². The van der Waals surface area contributed by atoms with Gasteiger partial charge in [-0.25, -0.2) is 9.59 Å². The van der Waals surface area contributed by atoms with Gasteiger partial charge in [0.1, 0.15) is 0 Å². The number of likely N-dealkylation sites (N-methyl/N-ethyl adjacent to an activating group) is 2. The van der Waals surface area contributed by atoms with Crippen molar-refractivity contribution < 1.29 is 14.4 Å². The lowest BCUT2D eigenvalue weighted by molar-refractivity contribution is 0.0733. The fraction of sp³-hybridized carbons (Fsp3) is 0.545. The highest BCUT2D eigenvalue weighted by molar-refractivity contribution is 5.95. The first kappa shape index (κ1) is 29.9. The van der Waals surface area contributed by atoms with Crippen molar-refractivity contribution in [2.75, 3.05) is 67.5 Å². The Balaban J connectivity index is 1.12. The highest BCUT2D eigenvalue weighted by Crippen LogP contribution is 2.26. The summed E-state index contributed by atoms with van der Waals surface area (Å²) in [5.41, 5.74) is 4.10. The van der Waals surface area contributed by atoms with Crippen LogP contribution in [0, 0.1) is 6.92 Å². The predicted molar refractivity (Wildman–Crippen MR) is 166 cm³/mol. The summed E-state index contributed by atoms with van der Waals surface area (Å²) in [6.45, 7) is 6.62. The van der Waals surface area contributed by atoms with E-state index >= 15 is 0 Å². The van der Waals surface area contributed by atoms with E-state index in [-0.39, 0.29) is 30.1 Å². The van der Waals surface area contributed by atoms with Gasteiger partial charge in [-0.15, -0.1) is 0 Å². The Labute approximate surface area is 250 Å². The first-order valence-corrected chi connectivity index (χ1v) is 15.3. The second-order valence-corrected chi connectivity index (χ2v) is 12.5. The minimum absolute atomic E-state index is 0.00541. The topological polar surface area (TPSA) is 70.7 Å². The van der Waals surface area contributed by atoms with E-state index in [2.05, 4.69) is 36.1 Å². The first-order valence-electron chi connectivity index (χ1n) is 15.3. The number of likely N-dealkylation sites (tertiary alicyclic amines) is 3. The summed E-state index contributed by atoms with van der Waals surface area (Å²) >= 11 is 0. The van der Waals surface area contributed by atoms with Crippen molar-refractivity contribution in [3.05, 3.63) is 59.7 Å². The number of urea groups is 2. The van der Waals surface area contributed by atoms with Crippen molar-refractivity contribution in [2.24, 2.45) is 0 Å². The van der Waals surface area contributed by atoms with E-state index in [1.54, 1.807) is 23.9 Å². The van der Waals surface area contributed by atoms with E-state index in [1.165, 1.54) is 5.56 Å². The van der Waals surface area contributed by atoms with Crippen molar-refractivity contribution in [3.8, 4) is 11.1 Å². The first-order chi connectivity index (χ1) is 20.1.